The molecule has 1 saturated heterocycles. The number of ether oxygens (including phenoxy) is 1. The number of para-hydroxylation sites is 3. The summed E-state index contributed by atoms with van der Waals surface area (Å²) in [5.41, 5.74) is 2.23. The maximum Gasteiger partial charge on any atom is 0.264 e. The molecule has 9 heteroatoms. The van der Waals surface area contributed by atoms with E-state index in [1.807, 2.05) is 59.5 Å². The third-order valence-electron chi connectivity index (χ3n) is 6.49. The second-order valence-corrected chi connectivity index (χ2v) is 8.53. The summed E-state index contributed by atoms with van der Waals surface area (Å²) in [7, 11) is 1.67. The minimum Gasteiger partial charge on any atom is -0.495 e. The lowest BCUT2D eigenvalue weighted by atomic mass is 10.2. The largest absolute Gasteiger partial charge is 0.495 e. The number of nitrogens with zero attached hydrogens (tertiary/aromatic N) is 6. The fraction of sp³-hybridized carbons (Fsp3) is 0.308. The molecule has 0 unspecified atom stereocenters. The van der Waals surface area contributed by atoms with Gasteiger partial charge in [-0.25, -0.2) is 9.67 Å². The summed E-state index contributed by atoms with van der Waals surface area (Å²) in [5, 5.41) is 4.82. The number of piperazine rings is 1. The highest BCUT2D eigenvalue weighted by atomic mass is 16.5. The highest BCUT2D eigenvalue weighted by Crippen LogP contribution is 2.28. The predicted molar refractivity (Wildman–Crippen MR) is 134 cm³/mol. The monoisotopic (exact) mass is 472 g/mol. The Morgan fingerprint density at radius 3 is 2.46 bits per heavy atom. The van der Waals surface area contributed by atoms with Crippen LogP contribution >= 0.6 is 0 Å². The normalized spacial score (nSPS) is 13.9. The van der Waals surface area contributed by atoms with Crippen molar-refractivity contribution in [3.05, 3.63) is 77.0 Å². The molecule has 180 valence electrons. The van der Waals surface area contributed by atoms with Gasteiger partial charge in [-0.15, -0.1) is 0 Å². The number of hydrogen-bond donors (Lipinski definition) is 0. The van der Waals surface area contributed by atoms with Crippen LogP contribution in [-0.2, 0) is 11.3 Å². The highest BCUT2D eigenvalue weighted by molar-refractivity contribution is 5.77. The Labute approximate surface area is 203 Å². The van der Waals surface area contributed by atoms with Crippen LogP contribution in [0.2, 0.25) is 0 Å². The molecule has 1 aliphatic heterocycles. The third-order valence-corrected chi connectivity index (χ3v) is 6.49. The van der Waals surface area contributed by atoms with Crippen LogP contribution in [0.25, 0.3) is 16.7 Å². The summed E-state index contributed by atoms with van der Waals surface area (Å²) in [6.45, 7) is 4.81. The van der Waals surface area contributed by atoms with Crippen LogP contribution in [0.1, 0.15) is 12.2 Å². The number of carbonyl (C=O) groups excluding carboxylic acids is 1. The Kier molecular flexibility index (Phi) is 6.22. The van der Waals surface area contributed by atoms with Crippen molar-refractivity contribution in [3.8, 4) is 11.4 Å². The van der Waals surface area contributed by atoms with Crippen LogP contribution in [0.3, 0.4) is 0 Å². The Morgan fingerprint density at radius 2 is 1.71 bits per heavy atom. The summed E-state index contributed by atoms with van der Waals surface area (Å²) in [6.07, 6.45) is 1.79. The quantitative estimate of drug-likeness (QED) is 0.429. The third kappa shape index (κ3) is 4.37. The van der Waals surface area contributed by atoms with Gasteiger partial charge in [-0.2, -0.15) is 5.10 Å². The Bertz CT molecular complexity index is 1400. The Hall–Kier alpha value is -4.14. The maximum atomic E-state index is 13.2. The van der Waals surface area contributed by atoms with Gasteiger partial charge >= 0.3 is 0 Å². The van der Waals surface area contributed by atoms with E-state index in [4.69, 9.17) is 4.74 Å². The first-order valence-corrected chi connectivity index (χ1v) is 11.7. The number of anilines is 1. The topological polar surface area (TPSA) is 85.5 Å². The van der Waals surface area contributed by atoms with Crippen LogP contribution in [-0.4, -0.2) is 63.4 Å². The van der Waals surface area contributed by atoms with Crippen LogP contribution in [0.15, 0.2) is 65.6 Å². The van der Waals surface area contributed by atoms with Crippen LogP contribution in [0.5, 0.6) is 5.75 Å². The number of amides is 1. The standard InChI is InChI=1S/C26H28N6O3/c1-19-28-25-21(18-27-32(25)20-8-4-3-5-9-20)26(34)31(19)13-12-24(33)30-16-14-29(15-17-30)22-10-6-7-11-23(22)35-2/h3-11,18H,12-17H2,1-2H3. The highest BCUT2D eigenvalue weighted by Gasteiger charge is 2.23. The molecule has 2 aromatic heterocycles. The van der Waals surface area contributed by atoms with Crippen molar-refractivity contribution >= 4 is 22.6 Å². The van der Waals surface area contributed by atoms with E-state index in [2.05, 4.69) is 15.0 Å². The summed E-state index contributed by atoms with van der Waals surface area (Å²) < 4.78 is 8.71. The molecule has 2 aromatic carbocycles. The molecule has 0 N–H and O–H groups in total. The molecule has 0 bridgehead atoms. The van der Waals surface area contributed by atoms with E-state index in [0.29, 0.717) is 29.9 Å². The number of aromatic nitrogens is 4. The molecular weight excluding hydrogens is 444 g/mol. The molecule has 0 atom stereocenters. The van der Waals surface area contributed by atoms with Crippen molar-refractivity contribution in [2.75, 3.05) is 38.2 Å². The Balaban J connectivity index is 1.26. The van der Waals surface area contributed by atoms with Gasteiger partial charge in [-0.3, -0.25) is 14.2 Å². The van der Waals surface area contributed by atoms with Crippen LogP contribution < -0.4 is 15.2 Å². The van der Waals surface area contributed by atoms with Gasteiger partial charge in [0.1, 0.15) is 17.0 Å². The van der Waals surface area contributed by atoms with Crippen LogP contribution in [0.4, 0.5) is 5.69 Å². The lowest BCUT2D eigenvalue weighted by Gasteiger charge is -2.36. The molecule has 9 nitrogen and oxygen atoms in total. The fourth-order valence-electron chi connectivity index (χ4n) is 4.58. The van der Waals surface area contributed by atoms with Crippen molar-refractivity contribution < 1.29 is 9.53 Å². The Morgan fingerprint density at radius 1 is 1.00 bits per heavy atom. The summed E-state index contributed by atoms with van der Waals surface area (Å²) in [5.74, 6) is 1.44. The lowest BCUT2D eigenvalue weighted by molar-refractivity contribution is -0.131. The van der Waals surface area contributed by atoms with Crippen molar-refractivity contribution in [1.29, 1.82) is 0 Å². The number of fused-ring (bicyclic) bond motifs is 1. The van der Waals surface area contributed by atoms with E-state index < -0.39 is 0 Å². The van der Waals surface area contributed by atoms with Crippen LogP contribution in [0, 0.1) is 6.92 Å². The van der Waals surface area contributed by atoms with E-state index in [0.717, 1.165) is 30.2 Å². The first kappa shape index (κ1) is 22.6. The number of benzene rings is 2. The molecule has 1 fully saturated rings. The minimum absolute atomic E-state index is 0.0380. The average molecular weight is 473 g/mol. The van der Waals surface area contributed by atoms with Crippen molar-refractivity contribution in [3.63, 3.8) is 0 Å². The van der Waals surface area contributed by atoms with E-state index >= 15 is 0 Å². The number of carbonyl (C=O) groups is 1. The smallest absolute Gasteiger partial charge is 0.264 e. The zero-order valence-corrected chi connectivity index (χ0v) is 19.9. The molecule has 35 heavy (non-hydrogen) atoms. The summed E-state index contributed by atoms with van der Waals surface area (Å²) in [6, 6.07) is 17.5. The van der Waals surface area contributed by atoms with Gasteiger partial charge in [0.05, 0.1) is 24.7 Å². The van der Waals surface area contributed by atoms with E-state index in [9.17, 15) is 9.59 Å². The zero-order valence-electron chi connectivity index (χ0n) is 19.9. The zero-order chi connectivity index (χ0) is 24.4. The molecule has 5 rings (SSSR count). The predicted octanol–water partition coefficient (Wildman–Crippen LogP) is 2.64. The van der Waals surface area contributed by atoms with Gasteiger partial charge in [-0.1, -0.05) is 30.3 Å². The molecule has 1 amide bonds. The second-order valence-electron chi connectivity index (χ2n) is 8.53. The number of aryl methyl sites for hydroxylation is 1. The van der Waals surface area contributed by atoms with Gasteiger partial charge in [-0.05, 0) is 31.2 Å². The first-order valence-electron chi connectivity index (χ1n) is 11.7. The number of rotatable bonds is 6. The first-order chi connectivity index (χ1) is 17.1. The summed E-state index contributed by atoms with van der Waals surface area (Å²) in [4.78, 5) is 34.9. The van der Waals surface area contributed by atoms with Crippen molar-refractivity contribution in [2.24, 2.45) is 0 Å². The SMILES string of the molecule is COc1ccccc1N1CCN(C(=O)CCn2c(C)nc3c(cnn3-c3ccccc3)c2=O)CC1. The van der Waals surface area contributed by atoms with Crippen molar-refractivity contribution in [1.82, 2.24) is 24.2 Å². The average Bonchev–Trinajstić information content (AvgIpc) is 3.33. The van der Waals surface area contributed by atoms with Gasteiger partial charge in [0.2, 0.25) is 5.91 Å². The molecule has 0 saturated carbocycles. The molecule has 0 spiro atoms. The molecular formula is C26H28N6O3. The maximum absolute atomic E-state index is 13.2. The minimum atomic E-state index is -0.177. The van der Waals surface area contributed by atoms with Gasteiger partial charge in [0.25, 0.3) is 5.56 Å². The molecule has 4 aromatic rings. The van der Waals surface area contributed by atoms with E-state index in [1.54, 1.807) is 29.5 Å². The van der Waals surface area contributed by atoms with Gasteiger partial charge < -0.3 is 14.5 Å². The van der Waals surface area contributed by atoms with Crippen molar-refractivity contribution in [2.45, 2.75) is 19.9 Å². The molecule has 0 radical (unpaired) electrons. The molecule has 1 aliphatic rings. The fourth-order valence-corrected chi connectivity index (χ4v) is 4.58. The molecule has 0 aliphatic carbocycles. The second kappa shape index (κ2) is 9.61. The van der Waals surface area contributed by atoms with Gasteiger partial charge in [0.15, 0.2) is 5.65 Å². The number of hydrogen-bond acceptors (Lipinski definition) is 6. The molecule has 3 heterocycles. The summed E-state index contributed by atoms with van der Waals surface area (Å²) >= 11 is 0. The van der Waals surface area contributed by atoms with E-state index in [-0.39, 0.29) is 24.4 Å². The number of methoxy groups -OCH3 is 1. The lowest BCUT2D eigenvalue weighted by Crippen LogP contribution is -2.49. The van der Waals surface area contributed by atoms with Gasteiger partial charge in [0, 0.05) is 39.1 Å². The van der Waals surface area contributed by atoms with E-state index in [1.165, 1.54) is 0 Å².